The summed E-state index contributed by atoms with van der Waals surface area (Å²) in [5.41, 5.74) is 0. The predicted molar refractivity (Wildman–Crippen MR) is 50.8 cm³/mol. The second kappa shape index (κ2) is 5.13. The highest BCUT2D eigenvalue weighted by atomic mass is 19.1. The van der Waals surface area contributed by atoms with Crippen LogP contribution in [0.2, 0.25) is 0 Å². The number of rotatable bonds is 2. The molecule has 0 spiro atoms. The maximum absolute atomic E-state index is 12.9. The summed E-state index contributed by atoms with van der Waals surface area (Å²) < 4.78 is 12.9. The number of allylic oxidation sites excluding steroid dienone is 4. The molecule has 0 heterocycles. The molecule has 1 aliphatic carbocycles. The van der Waals surface area contributed by atoms with Gasteiger partial charge in [-0.15, -0.1) is 0 Å². The van der Waals surface area contributed by atoms with Crippen LogP contribution in [0.1, 0.15) is 32.6 Å². The quantitative estimate of drug-likeness (QED) is 0.552. The van der Waals surface area contributed by atoms with Crippen LogP contribution < -0.4 is 0 Å². The predicted octanol–water partition coefficient (Wildman–Crippen LogP) is 3.65. The zero-order valence-corrected chi connectivity index (χ0v) is 7.67. The van der Waals surface area contributed by atoms with E-state index in [1.807, 2.05) is 25.2 Å². The van der Waals surface area contributed by atoms with Crippen molar-refractivity contribution in [1.29, 1.82) is 0 Å². The van der Waals surface area contributed by atoms with Crippen molar-refractivity contribution in [2.45, 2.75) is 38.8 Å². The van der Waals surface area contributed by atoms with E-state index in [0.29, 0.717) is 5.92 Å². The van der Waals surface area contributed by atoms with Gasteiger partial charge in [-0.2, -0.15) is 0 Å². The Bertz CT molecular complexity index is 170. The van der Waals surface area contributed by atoms with Gasteiger partial charge >= 0.3 is 0 Å². The molecule has 0 amide bonds. The van der Waals surface area contributed by atoms with Crippen LogP contribution in [0.4, 0.5) is 4.39 Å². The molecule has 12 heavy (non-hydrogen) atoms. The molecule has 0 aliphatic heterocycles. The summed E-state index contributed by atoms with van der Waals surface area (Å²) in [5.74, 6) is 0.477. The van der Waals surface area contributed by atoms with Gasteiger partial charge in [-0.05, 0) is 38.5 Å². The average Bonchev–Trinajstić information content (AvgIpc) is 2.05. The molecule has 1 rings (SSSR count). The molecule has 0 unspecified atom stereocenters. The lowest BCUT2D eigenvalue weighted by Crippen LogP contribution is -2.14. The van der Waals surface area contributed by atoms with Crippen LogP contribution in [0.3, 0.4) is 0 Å². The van der Waals surface area contributed by atoms with Crippen molar-refractivity contribution in [2.24, 2.45) is 5.92 Å². The van der Waals surface area contributed by atoms with Crippen molar-refractivity contribution in [3.8, 4) is 0 Å². The Hall–Kier alpha value is -0.590. The molecule has 0 radical (unpaired) electrons. The van der Waals surface area contributed by atoms with Gasteiger partial charge in [-0.1, -0.05) is 24.3 Å². The molecule has 0 aromatic heterocycles. The molecule has 1 aliphatic rings. The zero-order chi connectivity index (χ0) is 8.81. The fourth-order valence-corrected chi connectivity index (χ4v) is 1.67. The Morgan fingerprint density at radius 2 is 2.08 bits per heavy atom. The van der Waals surface area contributed by atoms with Crippen molar-refractivity contribution in [2.75, 3.05) is 0 Å². The Kier molecular flexibility index (Phi) is 4.06. The van der Waals surface area contributed by atoms with Gasteiger partial charge < -0.3 is 0 Å². The molecule has 1 heteroatoms. The molecule has 2 atom stereocenters. The summed E-state index contributed by atoms with van der Waals surface area (Å²) in [6, 6.07) is 0. The van der Waals surface area contributed by atoms with E-state index >= 15 is 0 Å². The molecule has 0 aromatic rings. The first-order valence-corrected chi connectivity index (χ1v) is 4.76. The summed E-state index contributed by atoms with van der Waals surface area (Å²) >= 11 is 0. The monoisotopic (exact) mass is 168 g/mol. The topological polar surface area (TPSA) is 0 Å². The van der Waals surface area contributed by atoms with Gasteiger partial charge in [0.2, 0.25) is 0 Å². The van der Waals surface area contributed by atoms with Crippen molar-refractivity contribution in [1.82, 2.24) is 0 Å². The minimum Gasteiger partial charge on any atom is -0.247 e. The van der Waals surface area contributed by atoms with Crippen LogP contribution in [0.5, 0.6) is 0 Å². The summed E-state index contributed by atoms with van der Waals surface area (Å²) in [6.45, 7) is 1.99. The van der Waals surface area contributed by atoms with Crippen molar-refractivity contribution in [3.05, 3.63) is 24.3 Å². The number of alkyl halides is 1. The Morgan fingerprint density at radius 3 is 2.75 bits per heavy atom. The van der Waals surface area contributed by atoms with Crippen LogP contribution in [-0.4, -0.2) is 6.17 Å². The lowest BCUT2D eigenvalue weighted by molar-refractivity contribution is 0.221. The van der Waals surface area contributed by atoms with Crippen LogP contribution >= 0.6 is 0 Å². The number of hydrogen-bond donors (Lipinski definition) is 0. The molecule has 0 bridgehead atoms. The Morgan fingerprint density at radius 1 is 1.25 bits per heavy atom. The number of hydrogen-bond acceptors (Lipinski definition) is 0. The summed E-state index contributed by atoms with van der Waals surface area (Å²) in [5, 5.41) is 0. The zero-order valence-electron chi connectivity index (χ0n) is 7.67. The summed E-state index contributed by atoms with van der Waals surface area (Å²) in [6.07, 6.45) is 11.3. The van der Waals surface area contributed by atoms with E-state index in [2.05, 4.69) is 6.08 Å². The van der Waals surface area contributed by atoms with Gasteiger partial charge in [0.25, 0.3) is 0 Å². The molecule has 0 N–H and O–H groups in total. The molecule has 1 saturated carbocycles. The molecule has 68 valence electrons. The van der Waals surface area contributed by atoms with Crippen molar-refractivity contribution < 1.29 is 4.39 Å². The lowest BCUT2D eigenvalue weighted by atomic mass is 9.88. The van der Waals surface area contributed by atoms with E-state index < -0.39 is 6.17 Å². The van der Waals surface area contributed by atoms with Crippen molar-refractivity contribution >= 4 is 0 Å². The summed E-state index contributed by atoms with van der Waals surface area (Å²) in [7, 11) is 0. The third kappa shape index (κ3) is 3.21. The Labute approximate surface area is 74.2 Å². The fraction of sp³-hybridized carbons (Fsp3) is 0.636. The normalized spacial score (nSPS) is 31.8. The van der Waals surface area contributed by atoms with Crippen LogP contribution in [0, 0.1) is 5.92 Å². The minimum atomic E-state index is -0.556. The number of halogens is 1. The van der Waals surface area contributed by atoms with E-state index in [0.717, 1.165) is 25.7 Å². The second-order valence-electron chi connectivity index (χ2n) is 3.43. The standard InChI is InChI=1S/C11H17F/c1-2-3-4-6-10-7-5-8-11(12)9-10/h2-4,6,10-11H,5,7-9H2,1H3/b3-2+,6-4+/t10-,11+/m0/s1. The highest BCUT2D eigenvalue weighted by molar-refractivity contribution is 5.04. The van der Waals surface area contributed by atoms with E-state index in [4.69, 9.17) is 0 Å². The maximum Gasteiger partial charge on any atom is 0.101 e. The minimum absolute atomic E-state index is 0.477. The highest BCUT2D eigenvalue weighted by Gasteiger charge is 2.18. The maximum atomic E-state index is 12.9. The van der Waals surface area contributed by atoms with Gasteiger partial charge in [0, 0.05) is 0 Å². The largest absolute Gasteiger partial charge is 0.247 e. The molecule has 0 nitrogen and oxygen atoms in total. The first-order chi connectivity index (χ1) is 5.83. The van der Waals surface area contributed by atoms with Gasteiger partial charge in [-0.25, -0.2) is 4.39 Å². The van der Waals surface area contributed by atoms with E-state index in [9.17, 15) is 4.39 Å². The highest BCUT2D eigenvalue weighted by Crippen LogP contribution is 2.27. The molecular weight excluding hydrogens is 151 g/mol. The van der Waals surface area contributed by atoms with Gasteiger partial charge in [-0.3, -0.25) is 0 Å². The smallest absolute Gasteiger partial charge is 0.101 e. The third-order valence-corrected chi connectivity index (χ3v) is 2.34. The molecule has 0 aromatic carbocycles. The van der Waals surface area contributed by atoms with Crippen LogP contribution in [0.25, 0.3) is 0 Å². The van der Waals surface area contributed by atoms with Gasteiger partial charge in [0.05, 0.1) is 0 Å². The van der Waals surface area contributed by atoms with E-state index in [-0.39, 0.29) is 0 Å². The van der Waals surface area contributed by atoms with E-state index in [1.54, 1.807) is 0 Å². The van der Waals surface area contributed by atoms with Gasteiger partial charge in [0.1, 0.15) is 6.17 Å². The lowest BCUT2D eigenvalue weighted by Gasteiger charge is -2.21. The molecule has 1 fully saturated rings. The molecular formula is C11H17F. The first kappa shape index (κ1) is 9.50. The summed E-state index contributed by atoms with van der Waals surface area (Å²) in [4.78, 5) is 0. The van der Waals surface area contributed by atoms with Crippen molar-refractivity contribution in [3.63, 3.8) is 0 Å². The Balaban J connectivity index is 2.31. The first-order valence-electron chi connectivity index (χ1n) is 4.76. The second-order valence-corrected chi connectivity index (χ2v) is 3.43. The third-order valence-electron chi connectivity index (χ3n) is 2.34. The molecule has 0 saturated heterocycles. The average molecular weight is 168 g/mol. The SMILES string of the molecule is C/C=C/C=C/[C@H]1CCC[C@@H](F)C1. The fourth-order valence-electron chi connectivity index (χ4n) is 1.67. The van der Waals surface area contributed by atoms with E-state index in [1.165, 1.54) is 0 Å². The van der Waals surface area contributed by atoms with Crippen LogP contribution in [0.15, 0.2) is 24.3 Å². The van der Waals surface area contributed by atoms with Crippen LogP contribution in [-0.2, 0) is 0 Å². The van der Waals surface area contributed by atoms with Gasteiger partial charge in [0.15, 0.2) is 0 Å².